The van der Waals surface area contributed by atoms with Crippen LogP contribution in [-0.4, -0.2) is 35.0 Å². The average molecular weight is 118 g/mol. The highest BCUT2D eigenvalue weighted by atomic mass is 16.6. The molecule has 1 heterocycles. The molecule has 8 heavy (non-hydrogen) atoms. The second kappa shape index (κ2) is 1.72. The van der Waals surface area contributed by atoms with Crippen LogP contribution in [0.25, 0.3) is 0 Å². The van der Waals surface area contributed by atoms with Gasteiger partial charge in [-0.05, 0) is 0 Å². The van der Waals surface area contributed by atoms with E-state index in [1.807, 2.05) is 0 Å². The summed E-state index contributed by atoms with van der Waals surface area (Å²) in [4.78, 5) is 10.2. The molecule has 46 valence electrons. The standard InChI is InChI=1S/C4H6O4/c5-2-1-8-4(7)3(2)6/h2-3,5-6H,1H2/t2?,3-/m1/s1. The summed E-state index contributed by atoms with van der Waals surface area (Å²) in [6.45, 7) is -0.0833. The molecule has 2 N–H and O–H groups in total. The van der Waals surface area contributed by atoms with Gasteiger partial charge in [0.2, 0.25) is 0 Å². The molecule has 0 radical (unpaired) electrons. The van der Waals surface area contributed by atoms with Gasteiger partial charge in [-0.2, -0.15) is 0 Å². The summed E-state index contributed by atoms with van der Waals surface area (Å²) in [5, 5.41) is 17.1. The van der Waals surface area contributed by atoms with Gasteiger partial charge in [0.15, 0.2) is 6.10 Å². The minimum absolute atomic E-state index is 0.0833. The third-order valence-electron chi connectivity index (χ3n) is 1.00. The van der Waals surface area contributed by atoms with Crippen LogP contribution in [0.4, 0.5) is 0 Å². The Balaban J connectivity index is 2.56. The normalized spacial score (nSPS) is 37.5. The Morgan fingerprint density at radius 1 is 1.62 bits per heavy atom. The van der Waals surface area contributed by atoms with Gasteiger partial charge in [-0.25, -0.2) is 4.79 Å². The van der Waals surface area contributed by atoms with Gasteiger partial charge in [-0.3, -0.25) is 0 Å². The molecule has 0 aromatic carbocycles. The molecule has 0 aromatic rings. The number of aliphatic hydroxyl groups excluding tert-OH is 2. The quantitative estimate of drug-likeness (QED) is 0.371. The number of cyclic esters (lactones) is 1. The van der Waals surface area contributed by atoms with E-state index in [0.717, 1.165) is 0 Å². The average Bonchev–Trinajstić information content (AvgIpc) is 1.98. The summed E-state index contributed by atoms with van der Waals surface area (Å²) in [5.41, 5.74) is 0. The molecule has 0 saturated carbocycles. The second-order valence-electron chi connectivity index (χ2n) is 1.64. The van der Waals surface area contributed by atoms with Crippen LogP contribution in [-0.2, 0) is 9.53 Å². The summed E-state index contributed by atoms with van der Waals surface area (Å²) in [5.74, 6) is -0.738. The van der Waals surface area contributed by atoms with Crippen molar-refractivity contribution in [2.75, 3.05) is 6.61 Å². The Bertz CT molecular complexity index is 111. The zero-order valence-corrected chi connectivity index (χ0v) is 4.07. The van der Waals surface area contributed by atoms with Crippen LogP contribution in [0.2, 0.25) is 0 Å². The first-order chi connectivity index (χ1) is 3.72. The fraction of sp³-hybridized carbons (Fsp3) is 0.750. The molecule has 4 nitrogen and oxygen atoms in total. The predicted octanol–water partition coefficient (Wildman–Crippen LogP) is -1.74. The molecular weight excluding hydrogens is 112 g/mol. The van der Waals surface area contributed by atoms with Crippen LogP contribution in [0.1, 0.15) is 0 Å². The van der Waals surface area contributed by atoms with Gasteiger partial charge in [0.1, 0.15) is 12.7 Å². The van der Waals surface area contributed by atoms with Crippen LogP contribution < -0.4 is 0 Å². The van der Waals surface area contributed by atoms with Crippen LogP contribution in [0.5, 0.6) is 0 Å². The number of esters is 1. The van der Waals surface area contributed by atoms with E-state index in [4.69, 9.17) is 10.2 Å². The van der Waals surface area contributed by atoms with Gasteiger partial charge in [0, 0.05) is 0 Å². The van der Waals surface area contributed by atoms with Crippen molar-refractivity contribution in [2.24, 2.45) is 0 Å². The molecule has 0 amide bonds. The minimum atomic E-state index is -1.32. The monoisotopic (exact) mass is 118 g/mol. The Hall–Kier alpha value is -0.610. The predicted molar refractivity (Wildman–Crippen MR) is 23.0 cm³/mol. The van der Waals surface area contributed by atoms with Crippen LogP contribution in [0.15, 0.2) is 0 Å². The van der Waals surface area contributed by atoms with E-state index >= 15 is 0 Å². The number of carbonyl (C=O) groups excluding carboxylic acids is 1. The van der Waals surface area contributed by atoms with Gasteiger partial charge < -0.3 is 14.9 Å². The smallest absolute Gasteiger partial charge is 0.337 e. The molecule has 0 aromatic heterocycles. The molecule has 0 aliphatic carbocycles. The Labute approximate surface area is 45.7 Å². The first-order valence-electron chi connectivity index (χ1n) is 2.24. The summed E-state index contributed by atoms with van der Waals surface area (Å²) in [6, 6.07) is 0. The number of ether oxygens (including phenoxy) is 1. The minimum Gasteiger partial charge on any atom is -0.461 e. The van der Waals surface area contributed by atoms with E-state index in [1.165, 1.54) is 0 Å². The van der Waals surface area contributed by atoms with Crippen LogP contribution in [0, 0.1) is 0 Å². The van der Waals surface area contributed by atoms with Crippen molar-refractivity contribution < 1.29 is 19.7 Å². The fourth-order valence-electron chi connectivity index (χ4n) is 0.501. The summed E-state index contributed by atoms with van der Waals surface area (Å²) >= 11 is 0. The highest BCUT2D eigenvalue weighted by molar-refractivity contribution is 5.77. The molecule has 1 fully saturated rings. The maximum absolute atomic E-state index is 10.2. The van der Waals surface area contributed by atoms with Gasteiger partial charge in [0.05, 0.1) is 0 Å². The zero-order valence-electron chi connectivity index (χ0n) is 4.07. The first kappa shape index (κ1) is 5.53. The molecule has 1 aliphatic rings. The van der Waals surface area contributed by atoms with E-state index in [1.54, 1.807) is 0 Å². The molecule has 0 bridgehead atoms. The lowest BCUT2D eigenvalue weighted by molar-refractivity contribution is -0.145. The van der Waals surface area contributed by atoms with Gasteiger partial charge >= 0.3 is 5.97 Å². The van der Waals surface area contributed by atoms with Crippen molar-refractivity contribution in [3.63, 3.8) is 0 Å². The SMILES string of the molecule is O=C1OCC(O)[C@H]1O. The van der Waals surface area contributed by atoms with Gasteiger partial charge in [-0.1, -0.05) is 0 Å². The highest BCUT2D eigenvalue weighted by Gasteiger charge is 2.33. The molecule has 2 atom stereocenters. The fourth-order valence-corrected chi connectivity index (χ4v) is 0.501. The molecular formula is C4H6O4. The lowest BCUT2D eigenvalue weighted by atomic mass is 10.3. The topological polar surface area (TPSA) is 66.8 Å². The van der Waals surface area contributed by atoms with Gasteiger partial charge in [-0.15, -0.1) is 0 Å². The summed E-state index contributed by atoms with van der Waals surface area (Å²) < 4.78 is 4.24. The Morgan fingerprint density at radius 2 is 2.25 bits per heavy atom. The lowest BCUT2D eigenvalue weighted by Crippen LogP contribution is -2.25. The first-order valence-corrected chi connectivity index (χ1v) is 2.24. The van der Waals surface area contributed by atoms with Crippen molar-refractivity contribution in [3.05, 3.63) is 0 Å². The lowest BCUT2D eigenvalue weighted by Gasteiger charge is -1.97. The van der Waals surface area contributed by atoms with Crippen molar-refractivity contribution in [1.29, 1.82) is 0 Å². The Morgan fingerprint density at radius 3 is 2.38 bits per heavy atom. The van der Waals surface area contributed by atoms with E-state index < -0.39 is 18.2 Å². The number of carbonyl (C=O) groups is 1. The molecule has 4 heteroatoms. The van der Waals surface area contributed by atoms with E-state index in [-0.39, 0.29) is 6.61 Å². The van der Waals surface area contributed by atoms with Crippen molar-refractivity contribution in [3.8, 4) is 0 Å². The molecule has 0 spiro atoms. The molecule has 1 rings (SSSR count). The van der Waals surface area contributed by atoms with Gasteiger partial charge in [0.25, 0.3) is 0 Å². The second-order valence-corrected chi connectivity index (χ2v) is 1.64. The molecule has 1 unspecified atom stereocenters. The number of aliphatic hydroxyl groups is 2. The maximum Gasteiger partial charge on any atom is 0.337 e. The Kier molecular flexibility index (Phi) is 1.19. The van der Waals surface area contributed by atoms with Crippen LogP contribution >= 0.6 is 0 Å². The summed E-state index contributed by atoms with van der Waals surface area (Å²) in [7, 11) is 0. The highest BCUT2D eigenvalue weighted by Crippen LogP contribution is 2.05. The van der Waals surface area contributed by atoms with Crippen molar-refractivity contribution in [1.82, 2.24) is 0 Å². The van der Waals surface area contributed by atoms with E-state index in [0.29, 0.717) is 0 Å². The number of hydrogen-bond donors (Lipinski definition) is 2. The zero-order chi connectivity index (χ0) is 6.15. The number of rotatable bonds is 0. The maximum atomic E-state index is 10.2. The third-order valence-corrected chi connectivity index (χ3v) is 1.00. The summed E-state index contributed by atoms with van der Waals surface area (Å²) in [6.07, 6.45) is -2.35. The molecule has 1 saturated heterocycles. The van der Waals surface area contributed by atoms with E-state index in [2.05, 4.69) is 4.74 Å². The van der Waals surface area contributed by atoms with Crippen LogP contribution in [0.3, 0.4) is 0 Å². The van der Waals surface area contributed by atoms with Crippen molar-refractivity contribution in [2.45, 2.75) is 12.2 Å². The third kappa shape index (κ3) is 0.677. The van der Waals surface area contributed by atoms with Crippen molar-refractivity contribution >= 4 is 5.97 Å². The molecule has 1 aliphatic heterocycles. The van der Waals surface area contributed by atoms with E-state index in [9.17, 15) is 4.79 Å². The number of hydrogen-bond acceptors (Lipinski definition) is 4. The largest absolute Gasteiger partial charge is 0.461 e.